The smallest absolute Gasteiger partial charge is 0.224 e. The molecule has 0 bridgehead atoms. The molecule has 142 valence electrons. The highest BCUT2D eigenvalue weighted by Gasteiger charge is 2.35. The molecule has 2 heterocycles. The van der Waals surface area contributed by atoms with Gasteiger partial charge in [0.1, 0.15) is 5.75 Å². The maximum atomic E-state index is 12.5. The van der Waals surface area contributed by atoms with Crippen LogP contribution < -0.4 is 10.1 Å². The van der Waals surface area contributed by atoms with Crippen molar-refractivity contribution in [3.8, 4) is 5.75 Å². The summed E-state index contributed by atoms with van der Waals surface area (Å²) in [6.07, 6.45) is 1.86. The quantitative estimate of drug-likeness (QED) is 0.803. The summed E-state index contributed by atoms with van der Waals surface area (Å²) in [6, 6.07) is 7.88. The third kappa shape index (κ3) is 4.55. The topological polar surface area (TPSA) is 67.9 Å². The van der Waals surface area contributed by atoms with Crippen LogP contribution in [0, 0.1) is 11.3 Å². The number of carbonyl (C=O) groups excluding carboxylic acids is 2. The molecule has 2 amide bonds. The van der Waals surface area contributed by atoms with Gasteiger partial charge >= 0.3 is 0 Å². The monoisotopic (exact) mass is 360 g/mol. The van der Waals surface area contributed by atoms with E-state index in [1.807, 2.05) is 29.2 Å². The lowest BCUT2D eigenvalue weighted by atomic mass is 9.88. The molecular weight excluding hydrogens is 332 g/mol. The standard InChI is InChI=1S/C20H28N2O4/c1-20(13-26-14-20)12-21-19(24)16-5-8-18(23)22(11-16)10-9-15-3-6-17(25-2)7-4-15/h3-4,6-7,16H,5,8-14H2,1-2H3,(H,21,24). The minimum absolute atomic E-state index is 0.0556. The van der Waals surface area contributed by atoms with Crippen LogP contribution in [0.25, 0.3) is 0 Å². The van der Waals surface area contributed by atoms with Crippen LogP contribution in [-0.4, -0.2) is 56.7 Å². The third-order valence-electron chi connectivity index (χ3n) is 5.29. The van der Waals surface area contributed by atoms with Gasteiger partial charge in [0, 0.05) is 31.5 Å². The molecule has 0 aliphatic carbocycles. The number of hydrogen-bond donors (Lipinski definition) is 1. The number of methoxy groups -OCH3 is 1. The summed E-state index contributed by atoms with van der Waals surface area (Å²) in [4.78, 5) is 26.5. The number of nitrogens with zero attached hydrogens (tertiary/aromatic N) is 1. The second-order valence-electron chi connectivity index (χ2n) is 7.69. The molecule has 2 aliphatic rings. The average molecular weight is 360 g/mol. The molecule has 26 heavy (non-hydrogen) atoms. The number of piperidine rings is 1. The van der Waals surface area contributed by atoms with Crippen molar-refractivity contribution in [2.24, 2.45) is 11.3 Å². The van der Waals surface area contributed by atoms with Crippen molar-refractivity contribution in [1.82, 2.24) is 10.2 Å². The lowest BCUT2D eigenvalue weighted by Gasteiger charge is -2.39. The van der Waals surface area contributed by atoms with Crippen LogP contribution >= 0.6 is 0 Å². The van der Waals surface area contributed by atoms with E-state index in [4.69, 9.17) is 9.47 Å². The molecule has 1 aromatic rings. The first-order valence-electron chi connectivity index (χ1n) is 9.25. The summed E-state index contributed by atoms with van der Waals surface area (Å²) in [6.45, 7) is 5.30. The molecule has 1 unspecified atom stereocenters. The van der Waals surface area contributed by atoms with Crippen molar-refractivity contribution in [3.05, 3.63) is 29.8 Å². The summed E-state index contributed by atoms with van der Waals surface area (Å²) < 4.78 is 10.4. The fourth-order valence-corrected chi connectivity index (χ4v) is 3.40. The van der Waals surface area contributed by atoms with E-state index in [1.54, 1.807) is 7.11 Å². The van der Waals surface area contributed by atoms with E-state index >= 15 is 0 Å². The van der Waals surface area contributed by atoms with Gasteiger partial charge in [-0.25, -0.2) is 0 Å². The summed E-state index contributed by atoms with van der Waals surface area (Å²) in [5, 5.41) is 3.05. The molecule has 1 atom stereocenters. The van der Waals surface area contributed by atoms with Gasteiger partial charge in [-0.2, -0.15) is 0 Å². The van der Waals surface area contributed by atoms with Crippen LogP contribution in [0.1, 0.15) is 25.3 Å². The molecule has 6 heteroatoms. The molecule has 1 aromatic carbocycles. The summed E-state index contributed by atoms with van der Waals surface area (Å²) >= 11 is 0. The lowest BCUT2D eigenvalue weighted by Crippen LogP contribution is -2.52. The van der Waals surface area contributed by atoms with E-state index in [0.29, 0.717) is 45.7 Å². The largest absolute Gasteiger partial charge is 0.497 e. The van der Waals surface area contributed by atoms with Gasteiger partial charge in [0.05, 0.1) is 26.2 Å². The maximum Gasteiger partial charge on any atom is 0.224 e. The van der Waals surface area contributed by atoms with Gasteiger partial charge in [-0.05, 0) is 30.5 Å². The van der Waals surface area contributed by atoms with E-state index in [2.05, 4.69) is 12.2 Å². The number of hydrogen-bond acceptors (Lipinski definition) is 4. The Labute approximate surface area is 154 Å². The Hall–Kier alpha value is -2.08. The molecule has 1 N–H and O–H groups in total. The second-order valence-corrected chi connectivity index (χ2v) is 7.69. The zero-order valence-corrected chi connectivity index (χ0v) is 15.6. The zero-order valence-electron chi connectivity index (χ0n) is 15.6. The van der Waals surface area contributed by atoms with Crippen LogP contribution in [0.15, 0.2) is 24.3 Å². The van der Waals surface area contributed by atoms with Crippen molar-refractivity contribution in [1.29, 1.82) is 0 Å². The van der Waals surface area contributed by atoms with Gasteiger partial charge < -0.3 is 19.7 Å². The lowest BCUT2D eigenvalue weighted by molar-refractivity contribution is -0.139. The average Bonchev–Trinajstić information content (AvgIpc) is 2.64. The number of benzene rings is 1. The highest BCUT2D eigenvalue weighted by Crippen LogP contribution is 2.26. The zero-order chi connectivity index (χ0) is 18.6. The van der Waals surface area contributed by atoms with Crippen LogP contribution in [0.3, 0.4) is 0 Å². The van der Waals surface area contributed by atoms with Gasteiger partial charge in [-0.1, -0.05) is 19.1 Å². The first-order valence-corrected chi connectivity index (χ1v) is 9.25. The Bertz CT molecular complexity index is 640. The normalized spacial score (nSPS) is 21.8. The minimum Gasteiger partial charge on any atom is -0.497 e. The first-order chi connectivity index (χ1) is 12.5. The second kappa shape index (κ2) is 8.08. The molecule has 0 saturated carbocycles. The van der Waals surface area contributed by atoms with Crippen LogP contribution in [0.5, 0.6) is 5.75 Å². The van der Waals surface area contributed by atoms with E-state index in [1.165, 1.54) is 0 Å². The number of carbonyl (C=O) groups is 2. The number of nitrogens with one attached hydrogen (secondary N) is 1. The predicted octanol–water partition coefficient (Wildman–Crippen LogP) is 1.63. The Morgan fingerprint density at radius 3 is 2.69 bits per heavy atom. The fourth-order valence-electron chi connectivity index (χ4n) is 3.40. The molecule has 2 aliphatic heterocycles. The van der Waals surface area contributed by atoms with Crippen LogP contribution in [0.4, 0.5) is 0 Å². The maximum absolute atomic E-state index is 12.5. The molecule has 0 aromatic heterocycles. The first kappa shape index (κ1) is 18.7. The van der Waals surface area contributed by atoms with Crippen LogP contribution in [-0.2, 0) is 20.7 Å². The Morgan fingerprint density at radius 2 is 2.08 bits per heavy atom. The van der Waals surface area contributed by atoms with Gasteiger partial charge in [0.15, 0.2) is 0 Å². The van der Waals surface area contributed by atoms with E-state index in [0.717, 1.165) is 17.7 Å². The predicted molar refractivity (Wildman–Crippen MR) is 97.9 cm³/mol. The fraction of sp³-hybridized carbons (Fsp3) is 0.600. The molecule has 2 fully saturated rings. The number of likely N-dealkylation sites (tertiary alicyclic amines) is 1. The number of amides is 2. The molecule has 0 radical (unpaired) electrons. The SMILES string of the molecule is COc1ccc(CCN2CC(C(=O)NCC3(C)COC3)CCC2=O)cc1. The van der Waals surface area contributed by atoms with Crippen molar-refractivity contribution in [2.45, 2.75) is 26.2 Å². The van der Waals surface area contributed by atoms with E-state index < -0.39 is 0 Å². The van der Waals surface area contributed by atoms with Crippen molar-refractivity contribution >= 4 is 11.8 Å². The number of ether oxygens (including phenoxy) is 2. The molecule has 0 spiro atoms. The Morgan fingerprint density at radius 1 is 1.35 bits per heavy atom. The molecule has 6 nitrogen and oxygen atoms in total. The van der Waals surface area contributed by atoms with Gasteiger partial charge in [-0.3, -0.25) is 9.59 Å². The highest BCUT2D eigenvalue weighted by molar-refractivity contribution is 5.83. The third-order valence-corrected chi connectivity index (χ3v) is 5.29. The van der Waals surface area contributed by atoms with Crippen molar-refractivity contribution in [2.75, 3.05) is 40.0 Å². The Kier molecular flexibility index (Phi) is 5.81. The molecule has 3 rings (SSSR count). The van der Waals surface area contributed by atoms with E-state index in [-0.39, 0.29) is 23.1 Å². The van der Waals surface area contributed by atoms with Crippen molar-refractivity contribution < 1.29 is 19.1 Å². The van der Waals surface area contributed by atoms with E-state index in [9.17, 15) is 9.59 Å². The number of rotatable bonds is 7. The minimum atomic E-state index is -0.117. The van der Waals surface area contributed by atoms with Crippen molar-refractivity contribution in [3.63, 3.8) is 0 Å². The van der Waals surface area contributed by atoms with Crippen LogP contribution in [0.2, 0.25) is 0 Å². The summed E-state index contributed by atoms with van der Waals surface area (Å²) in [5.41, 5.74) is 1.22. The Balaban J connectivity index is 1.48. The summed E-state index contributed by atoms with van der Waals surface area (Å²) in [5.74, 6) is 0.903. The molecular formula is C20H28N2O4. The highest BCUT2D eigenvalue weighted by atomic mass is 16.5. The summed E-state index contributed by atoms with van der Waals surface area (Å²) in [7, 11) is 1.64. The van der Waals surface area contributed by atoms with Gasteiger partial charge in [0.25, 0.3) is 0 Å². The molecule has 2 saturated heterocycles. The van der Waals surface area contributed by atoms with Gasteiger partial charge in [-0.15, -0.1) is 0 Å². The van der Waals surface area contributed by atoms with Gasteiger partial charge in [0.2, 0.25) is 11.8 Å².